The lowest BCUT2D eigenvalue weighted by molar-refractivity contribution is 0.101. The van der Waals surface area contributed by atoms with E-state index in [4.69, 9.17) is 18.9 Å². The van der Waals surface area contributed by atoms with E-state index in [2.05, 4.69) is 90.4 Å². The lowest BCUT2D eigenvalue weighted by atomic mass is 10.0. The van der Waals surface area contributed by atoms with Crippen LogP contribution in [0.4, 0.5) is 28.4 Å². The van der Waals surface area contributed by atoms with Gasteiger partial charge in [0.05, 0.1) is 38.4 Å². The second-order valence-electron chi connectivity index (χ2n) is 12.1. The number of carbonyl (C=O) groups excluding carboxylic acids is 1. The molecule has 0 aliphatic heterocycles. The number of rotatable bonds is 14. The number of methoxy groups -OCH3 is 4. The van der Waals surface area contributed by atoms with Crippen molar-refractivity contribution in [1.82, 2.24) is 0 Å². The van der Waals surface area contributed by atoms with Crippen molar-refractivity contribution in [1.29, 1.82) is 0 Å². The van der Waals surface area contributed by atoms with Gasteiger partial charge in [-0.1, -0.05) is 24.3 Å². The minimum atomic E-state index is -0.0150. The van der Waals surface area contributed by atoms with E-state index >= 15 is 0 Å². The molecule has 6 aromatic rings. The fraction of sp³-hybridized carbons (Fsp3) is 0.186. The molecule has 0 fully saturated rings. The number of hydrogen-bond donors (Lipinski definition) is 0. The Kier molecular flexibility index (Phi) is 11.0. The van der Waals surface area contributed by atoms with Crippen molar-refractivity contribution in [3.63, 3.8) is 0 Å². The average molecular weight is 699 g/mol. The molecule has 5 aromatic carbocycles. The first-order valence-corrected chi connectivity index (χ1v) is 17.5. The third-order valence-electron chi connectivity index (χ3n) is 9.20. The van der Waals surface area contributed by atoms with Gasteiger partial charge in [-0.2, -0.15) is 0 Å². The molecule has 1 unspecified atom stereocenters. The van der Waals surface area contributed by atoms with Crippen LogP contribution >= 0.6 is 11.3 Å². The fourth-order valence-corrected chi connectivity index (χ4v) is 7.12. The van der Waals surface area contributed by atoms with Gasteiger partial charge in [0, 0.05) is 46.0 Å². The first-order chi connectivity index (χ1) is 24.9. The van der Waals surface area contributed by atoms with E-state index in [-0.39, 0.29) is 12.1 Å². The first-order valence-electron chi connectivity index (χ1n) is 16.7. The number of nitrogens with zero attached hydrogens (tertiary/aromatic N) is 2. The maximum atomic E-state index is 12.4. The van der Waals surface area contributed by atoms with Crippen molar-refractivity contribution < 1.29 is 23.7 Å². The Morgan fingerprint density at radius 1 is 0.549 bits per heavy atom. The molecule has 260 valence electrons. The molecule has 0 radical (unpaired) electrons. The number of ether oxygens (including phenoxy) is 4. The van der Waals surface area contributed by atoms with Crippen molar-refractivity contribution in [2.75, 3.05) is 38.2 Å². The van der Waals surface area contributed by atoms with Crippen LogP contribution in [0.3, 0.4) is 0 Å². The molecule has 1 heterocycles. The zero-order valence-electron chi connectivity index (χ0n) is 29.7. The highest BCUT2D eigenvalue weighted by molar-refractivity contribution is 7.17. The summed E-state index contributed by atoms with van der Waals surface area (Å²) >= 11 is 1.50. The van der Waals surface area contributed by atoms with E-state index in [1.54, 1.807) is 28.4 Å². The minimum Gasteiger partial charge on any atom is -0.497 e. The Morgan fingerprint density at radius 2 is 0.941 bits per heavy atom. The van der Waals surface area contributed by atoms with E-state index < -0.39 is 0 Å². The summed E-state index contributed by atoms with van der Waals surface area (Å²) in [5, 5.41) is 0. The Hall–Kier alpha value is -5.57. The molecule has 6 rings (SSSR count). The molecular formula is C43H42N2O5S. The monoisotopic (exact) mass is 698 g/mol. The zero-order chi connectivity index (χ0) is 35.9. The Labute approximate surface area is 304 Å². The number of hydrogen-bond acceptors (Lipinski definition) is 8. The van der Waals surface area contributed by atoms with E-state index in [0.717, 1.165) is 73.5 Å². The van der Waals surface area contributed by atoms with Crippen LogP contribution in [0, 0.1) is 0 Å². The number of carbonyl (C=O) groups is 1. The maximum absolute atomic E-state index is 12.4. The molecule has 0 aliphatic carbocycles. The second-order valence-corrected chi connectivity index (χ2v) is 13.2. The van der Waals surface area contributed by atoms with Gasteiger partial charge in [-0.15, -0.1) is 11.3 Å². The van der Waals surface area contributed by atoms with Crippen molar-refractivity contribution in [2.45, 2.75) is 26.0 Å². The molecule has 2 atom stereocenters. The Balaban J connectivity index is 1.30. The highest BCUT2D eigenvalue weighted by Crippen LogP contribution is 2.41. The molecule has 7 nitrogen and oxygen atoms in total. The summed E-state index contributed by atoms with van der Waals surface area (Å²) in [4.78, 5) is 18.5. The average Bonchev–Trinajstić information content (AvgIpc) is 3.64. The normalized spacial score (nSPS) is 12.1. The Morgan fingerprint density at radius 3 is 1.35 bits per heavy atom. The van der Waals surface area contributed by atoms with Gasteiger partial charge in [0.25, 0.3) is 0 Å². The molecule has 0 aliphatic rings. The third-order valence-corrected chi connectivity index (χ3v) is 10.3. The standard InChI is InChI=1S/C43H42N2O5S/c1-29(30(2)47-3)44(34-15-21-38(48-4)22-16-34)33-11-7-31(8-12-33)41-27-42(51-43(41)28-46)32-9-13-35(14-10-32)45(36-17-23-39(49-5)24-18-36)37-19-25-40(50-6)26-20-37/h7-30H,1-6H3/t29-,30?/m1/s1. The van der Waals surface area contributed by atoms with Crippen LogP contribution in [-0.4, -0.2) is 46.9 Å². The smallest absolute Gasteiger partial charge is 0.160 e. The van der Waals surface area contributed by atoms with Gasteiger partial charge in [0.2, 0.25) is 0 Å². The first kappa shape index (κ1) is 35.3. The van der Waals surface area contributed by atoms with Crippen LogP contribution in [0.15, 0.2) is 127 Å². The third kappa shape index (κ3) is 7.62. The largest absolute Gasteiger partial charge is 0.497 e. The van der Waals surface area contributed by atoms with Crippen LogP contribution < -0.4 is 24.0 Å². The molecule has 0 saturated carbocycles. The number of thiophene rings is 1. The molecule has 51 heavy (non-hydrogen) atoms. The summed E-state index contributed by atoms with van der Waals surface area (Å²) in [6.45, 7) is 4.22. The minimum absolute atomic E-state index is 0.0150. The molecule has 1 aromatic heterocycles. The van der Waals surface area contributed by atoms with E-state index in [9.17, 15) is 4.79 Å². The van der Waals surface area contributed by atoms with Gasteiger partial charge in [0.15, 0.2) is 6.29 Å². The summed E-state index contributed by atoms with van der Waals surface area (Å²) in [6, 6.07) is 43.0. The SMILES string of the molecule is COc1ccc(N(c2ccc(OC)cc2)c2ccc(-c3cc(-c4ccc(N(c5ccc(OC)cc5)[C@H](C)C(C)OC)cc4)c(C=O)s3)cc2)cc1. The van der Waals surface area contributed by atoms with E-state index in [1.807, 2.05) is 60.7 Å². The highest BCUT2D eigenvalue weighted by Gasteiger charge is 2.23. The summed E-state index contributed by atoms with van der Waals surface area (Å²) in [7, 11) is 6.73. The van der Waals surface area contributed by atoms with Gasteiger partial charge in [0.1, 0.15) is 17.2 Å². The van der Waals surface area contributed by atoms with Crippen molar-refractivity contribution in [3.8, 4) is 38.8 Å². The second kappa shape index (κ2) is 16.0. The highest BCUT2D eigenvalue weighted by atomic mass is 32.1. The maximum Gasteiger partial charge on any atom is 0.160 e. The lowest BCUT2D eigenvalue weighted by Crippen LogP contribution is -2.38. The molecule has 8 heteroatoms. The zero-order valence-corrected chi connectivity index (χ0v) is 30.5. The summed E-state index contributed by atoms with van der Waals surface area (Å²) in [6.07, 6.45) is 0.936. The van der Waals surface area contributed by atoms with Crippen LogP contribution in [0.2, 0.25) is 0 Å². The lowest BCUT2D eigenvalue weighted by Gasteiger charge is -2.34. The summed E-state index contributed by atoms with van der Waals surface area (Å²) in [5.74, 6) is 2.39. The predicted molar refractivity (Wildman–Crippen MR) is 209 cm³/mol. The van der Waals surface area contributed by atoms with Crippen LogP contribution in [0.25, 0.3) is 21.6 Å². The van der Waals surface area contributed by atoms with Gasteiger partial charge < -0.3 is 28.7 Å². The van der Waals surface area contributed by atoms with Gasteiger partial charge in [-0.3, -0.25) is 4.79 Å². The molecule has 0 saturated heterocycles. The summed E-state index contributed by atoms with van der Waals surface area (Å²) in [5.41, 5.74) is 7.97. The topological polar surface area (TPSA) is 60.5 Å². The van der Waals surface area contributed by atoms with Crippen molar-refractivity contribution in [3.05, 3.63) is 132 Å². The van der Waals surface area contributed by atoms with Crippen molar-refractivity contribution in [2.24, 2.45) is 0 Å². The van der Waals surface area contributed by atoms with Gasteiger partial charge in [-0.25, -0.2) is 0 Å². The van der Waals surface area contributed by atoms with E-state index in [0.29, 0.717) is 4.88 Å². The van der Waals surface area contributed by atoms with Gasteiger partial charge in [-0.05, 0) is 128 Å². The van der Waals surface area contributed by atoms with E-state index in [1.165, 1.54) is 11.3 Å². The molecule has 0 N–H and O–H groups in total. The van der Waals surface area contributed by atoms with Gasteiger partial charge >= 0.3 is 0 Å². The number of benzene rings is 5. The quantitative estimate of drug-likeness (QED) is 0.105. The molecule has 0 amide bonds. The molecular weight excluding hydrogens is 657 g/mol. The predicted octanol–water partition coefficient (Wildman–Crippen LogP) is 11.0. The Bertz CT molecular complexity index is 1980. The van der Waals surface area contributed by atoms with Crippen LogP contribution in [0.5, 0.6) is 17.2 Å². The number of anilines is 5. The fourth-order valence-electron chi connectivity index (χ4n) is 6.12. The summed E-state index contributed by atoms with van der Waals surface area (Å²) < 4.78 is 21.9. The van der Waals surface area contributed by atoms with Crippen LogP contribution in [-0.2, 0) is 4.74 Å². The molecule has 0 spiro atoms. The van der Waals surface area contributed by atoms with Crippen LogP contribution in [0.1, 0.15) is 23.5 Å². The molecule has 0 bridgehead atoms. The number of aldehydes is 1. The van der Waals surface area contributed by atoms with Crippen molar-refractivity contribution >= 4 is 46.1 Å².